The van der Waals surface area contributed by atoms with Crippen LogP contribution in [0.25, 0.3) is 11.1 Å². The third kappa shape index (κ3) is 12.2. The maximum absolute atomic E-state index is 13.9. The second kappa shape index (κ2) is 20.1. The second-order valence-electron chi connectivity index (χ2n) is 17.4. The Hall–Kier alpha value is -4.09. The predicted molar refractivity (Wildman–Crippen MR) is 223 cm³/mol. The van der Waals surface area contributed by atoms with E-state index < -0.39 is 6.29 Å². The van der Waals surface area contributed by atoms with Gasteiger partial charge in [0.15, 0.2) is 6.29 Å². The van der Waals surface area contributed by atoms with E-state index in [1.54, 1.807) is 0 Å². The molecular weight excluding hydrogens is 717 g/mol. The van der Waals surface area contributed by atoms with Crippen LogP contribution < -0.4 is 16.0 Å². The molecule has 3 fully saturated rings. The zero-order valence-corrected chi connectivity index (χ0v) is 34.4. The number of aliphatic hydroxyl groups excluding tert-OH is 1. The number of aliphatic hydroxyl groups is 1. The molecule has 3 amide bonds. The van der Waals surface area contributed by atoms with Crippen molar-refractivity contribution in [3.63, 3.8) is 0 Å². The van der Waals surface area contributed by atoms with E-state index in [1.807, 2.05) is 63.2 Å². The summed E-state index contributed by atoms with van der Waals surface area (Å²) in [6.07, 6.45) is 9.32. The summed E-state index contributed by atoms with van der Waals surface area (Å²) >= 11 is 0. The van der Waals surface area contributed by atoms with Crippen LogP contribution in [0.4, 0.5) is 0 Å². The monoisotopic (exact) mass is 780 g/mol. The van der Waals surface area contributed by atoms with Crippen molar-refractivity contribution in [1.29, 1.82) is 0 Å². The first-order valence-corrected chi connectivity index (χ1v) is 21.2. The lowest BCUT2D eigenvalue weighted by atomic mass is 9.75. The molecule has 0 bridgehead atoms. The molecule has 6 rings (SSSR count). The quantitative estimate of drug-likeness (QED) is 0.117. The van der Waals surface area contributed by atoms with Crippen molar-refractivity contribution in [2.24, 2.45) is 5.92 Å². The first-order chi connectivity index (χ1) is 27.5. The number of carbonyl (C=O) groups excluding carboxylic acids is 3. The Morgan fingerprint density at radius 3 is 2.32 bits per heavy atom. The van der Waals surface area contributed by atoms with Crippen LogP contribution in [0.15, 0.2) is 72.8 Å². The summed E-state index contributed by atoms with van der Waals surface area (Å²) in [5.74, 6) is 0.700. The fraction of sp³-hybridized carbons (Fsp3) is 0.553. The number of unbranched alkanes of at least 4 members (excludes halogenated alkanes) is 2. The Labute approximate surface area is 339 Å². The normalized spacial score (nSPS) is 23.9. The van der Waals surface area contributed by atoms with Crippen molar-refractivity contribution in [3.05, 3.63) is 95.1 Å². The molecule has 3 aromatic rings. The minimum absolute atomic E-state index is 0.0157. The van der Waals surface area contributed by atoms with Crippen molar-refractivity contribution in [1.82, 2.24) is 20.9 Å². The molecule has 0 radical (unpaired) electrons. The summed E-state index contributed by atoms with van der Waals surface area (Å²) in [7, 11) is 0. The van der Waals surface area contributed by atoms with Gasteiger partial charge in [0.1, 0.15) is 0 Å². The van der Waals surface area contributed by atoms with Gasteiger partial charge >= 0.3 is 0 Å². The van der Waals surface area contributed by atoms with E-state index >= 15 is 0 Å². The highest BCUT2D eigenvalue weighted by Gasteiger charge is 2.44. The first kappa shape index (κ1) is 42.5. The summed E-state index contributed by atoms with van der Waals surface area (Å²) in [5, 5.41) is 18.9. The Morgan fingerprint density at radius 1 is 0.807 bits per heavy atom. The maximum Gasteiger partial charge on any atom is 0.237 e. The molecule has 2 heterocycles. The summed E-state index contributed by atoms with van der Waals surface area (Å²) in [6.45, 7) is 9.37. The summed E-state index contributed by atoms with van der Waals surface area (Å²) in [6, 6.07) is 24.7. The summed E-state index contributed by atoms with van der Waals surface area (Å²) < 4.78 is 13.7. The van der Waals surface area contributed by atoms with Crippen molar-refractivity contribution in [2.45, 2.75) is 148 Å². The largest absolute Gasteiger partial charge is 0.392 e. The molecule has 3 aromatic carbocycles. The van der Waals surface area contributed by atoms with Gasteiger partial charge in [-0.2, -0.15) is 0 Å². The number of ether oxygens (including phenoxy) is 2. The lowest BCUT2D eigenvalue weighted by Gasteiger charge is -2.50. The molecule has 3 aliphatic rings. The highest BCUT2D eigenvalue weighted by atomic mass is 16.7. The van der Waals surface area contributed by atoms with Crippen LogP contribution in [-0.2, 0) is 37.0 Å². The molecular formula is C47H64N4O6. The van der Waals surface area contributed by atoms with Crippen molar-refractivity contribution in [3.8, 4) is 11.1 Å². The fourth-order valence-corrected chi connectivity index (χ4v) is 8.86. The van der Waals surface area contributed by atoms with E-state index in [0.29, 0.717) is 44.4 Å². The first-order valence-electron chi connectivity index (χ1n) is 21.2. The Morgan fingerprint density at radius 2 is 1.56 bits per heavy atom. The van der Waals surface area contributed by atoms with Gasteiger partial charge < -0.3 is 30.5 Å². The fourth-order valence-electron chi connectivity index (χ4n) is 8.86. The number of amides is 3. The van der Waals surface area contributed by atoms with Gasteiger partial charge in [0.05, 0.1) is 24.9 Å². The number of rotatable bonds is 15. The molecule has 6 atom stereocenters. The number of fused-ring (bicyclic) bond motifs is 1. The Balaban J connectivity index is 1.18. The number of nitrogens with zero attached hydrogens (tertiary/aromatic N) is 1. The van der Waals surface area contributed by atoms with Gasteiger partial charge in [-0.15, -0.1) is 0 Å². The van der Waals surface area contributed by atoms with Crippen molar-refractivity contribution in [2.75, 3.05) is 13.1 Å². The van der Waals surface area contributed by atoms with E-state index in [-0.39, 0.29) is 48.1 Å². The third-order valence-corrected chi connectivity index (χ3v) is 11.7. The van der Waals surface area contributed by atoms with Gasteiger partial charge in [-0.3, -0.25) is 19.3 Å². The standard InChI is InChI=1S/C47H64N4O6/c1-32(53)48-25-9-5-6-18-44(54)49-29-34-12-10-14-37(26-34)38-15-11-16-39(27-38)46-56-40(28-43(57-46)36-21-19-33(31-52)20-22-36)30-51-41-17-8-7-13-35(41)23-24-42(51)45(55)50-47(2,3)4/h10-12,14-16,19-22,26-27,35,40-43,46,52H,5-9,13,17-18,23-25,28-31H2,1-4H3,(H,48,53)(H,49,54)(H,50,55). The highest BCUT2D eigenvalue weighted by molar-refractivity contribution is 5.82. The molecule has 2 aliphatic heterocycles. The Bertz CT molecular complexity index is 1790. The van der Waals surface area contributed by atoms with Crippen LogP contribution in [0.3, 0.4) is 0 Å². The zero-order chi connectivity index (χ0) is 40.4. The molecule has 308 valence electrons. The van der Waals surface area contributed by atoms with Crippen LogP contribution in [-0.4, -0.2) is 64.5 Å². The van der Waals surface area contributed by atoms with Gasteiger partial charge in [0.2, 0.25) is 17.7 Å². The number of piperidine rings is 1. The molecule has 2 saturated heterocycles. The lowest BCUT2D eigenvalue weighted by molar-refractivity contribution is -0.255. The smallest absolute Gasteiger partial charge is 0.237 e. The number of benzene rings is 3. The molecule has 6 unspecified atom stereocenters. The molecule has 10 nitrogen and oxygen atoms in total. The lowest BCUT2D eigenvalue weighted by Crippen LogP contribution is -2.61. The van der Waals surface area contributed by atoms with Crippen molar-refractivity contribution < 1.29 is 29.0 Å². The second-order valence-corrected chi connectivity index (χ2v) is 17.4. The molecule has 0 spiro atoms. The van der Waals surface area contributed by atoms with E-state index in [1.165, 1.54) is 26.2 Å². The molecule has 1 aliphatic carbocycles. The van der Waals surface area contributed by atoms with E-state index in [2.05, 4.69) is 51.2 Å². The molecule has 4 N–H and O–H groups in total. The predicted octanol–water partition coefficient (Wildman–Crippen LogP) is 7.64. The van der Waals surface area contributed by atoms with E-state index in [9.17, 15) is 19.5 Å². The molecule has 10 heteroatoms. The van der Waals surface area contributed by atoms with E-state index in [0.717, 1.165) is 71.9 Å². The van der Waals surface area contributed by atoms with Gasteiger partial charge in [0, 0.05) is 56.5 Å². The molecule has 57 heavy (non-hydrogen) atoms. The molecule has 1 saturated carbocycles. The third-order valence-electron chi connectivity index (χ3n) is 11.7. The summed E-state index contributed by atoms with van der Waals surface area (Å²) in [4.78, 5) is 40.0. The SMILES string of the molecule is CC(=O)NCCCCCC(=O)NCc1cccc(-c2cccc(C3OC(CN4C(C(=O)NC(C)(C)C)CCC5CCCCC54)CC(c4ccc(CO)cc4)O3)c2)c1. The minimum Gasteiger partial charge on any atom is -0.392 e. The van der Waals surface area contributed by atoms with E-state index in [4.69, 9.17) is 9.47 Å². The maximum atomic E-state index is 13.9. The average molecular weight is 781 g/mol. The number of hydrogen-bond acceptors (Lipinski definition) is 7. The van der Waals surface area contributed by atoms with Gasteiger partial charge in [-0.1, -0.05) is 79.9 Å². The van der Waals surface area contributed by atoms with Gasteiger partial charge in [-0.25, -0.2) is 0 Å². The zero-order valence-electron chi connectivity index (χ0n) is 34.4. The van der Waals surface area contributed by atoms with Crippen LogP contribution in [0.1, 0.15) is 133 Å². The van der Waals surface area contributed by atoms with Crippen LogP contribution in [0.5, 0.6) is 0 Å². The van der Waals surface area contributed by atoms with Crippen LogP contribution in [0, 0.1) is 5.92 Å². The van der Waals surface area contributed by atoms with Crippen molar-refractivity contribution >= 4 is 17.7 Å². The van der Waals surface area contributed by atoms with Crippen LogP contribution in [0.2, 0.25) is 0 Å². The van der Waals surface area contributed by atoms with Gasteiger partial charge in [-0.05, 0) is 105 Å². The number of carbonyl (C=O) groups is 3. The number of hydrogen-bond donors (Lipinski definition) is 4. The average Bonchev–Trinajstić information content (AvgIpc) is 3.20. The summed E-state index contributed by atoms with van der Waals surface area (Å²) in [5.41, 5.74) is 5.58. The van der Waals surface area contributed by atoms with Gasteiger partial charge in [0.25, 0.3) is 0 Å². The Kier molecular flexibility index (Phi) is 15.0. The topological polar surface area (TPSA) is 129 Å². The number of nitrogens with one attached hydrogen (secondary N) is 3. The number of likely N-dealkylation sites (tertiary alicyclic amines) is 1. The molecule has 0 aromatic heterocycles. The minimum atomic E-state index is -0.624. The highest BCUT2D eigenvalue weighted by Crippen LogP contribution is 2.42. The van der Waals surface area contributed by atoms with Crippen LogP contribution >= 0.6 is 0 Å².